The Morgan fingerprint density at radius 3 is 2.94 bits per heavy atom. The largest absolute Gasteiger partial charge is 0.378 e. The normalized spacial score (nSPS) is 27.8. The van der Waals surface area contributed by atoms with Crippen molar-refractivity contribution >= 4 is 5.91 Å². The fourth-order valence-electron chi connectivity index (χ4n) is 2.64. The molecule has 1 unspecified atom stereocenters. The second kappa shape index (κ2) is 5.33. The van der Waals surface area contributed by atoms with E-state index in [1.54, 1.807) is 7.05 Å². The topological polar surface area (TPSA) is 67.6 Å². The summed E-state index contributed by atoms with van der Waals surface area (Å²) in [7, 11) is 1.68. The molecule has 1 heterocycles. The highest BCUT2D eigenvalue weighted by molar-refractivity contribution is 5.81. The number of carbonyl (C=O) groups is 1. The molecule has 3 N–H and O–H groups in total. The molecular weight excluding hydrogens is 218 g/mol. The van der Waals surface area contributed by atoms with Crippen LogP contribution in [0, 0.1) is 5.41 Å². The standard InChI is InChI=1S/C12H23N3O2/c1-14-11(16)10-8-17-7-6-15(10)9-12(2-3-12)4-5-13/h10H,2-9,13H2,1H3,(H,14,16). The van der Waals surface area contributed by atoms with Crippen LogP contribution in [0.4, 0.5) is 0 Å². The Hall–Kier alpha value is -0.650. The Kier molecular flexibility index (Phi) is 4.01. The molecule has 1 saturated carbocycles. The van der Waals surface area contributed by atoms with E-state index in [-0.39, 0.29) is 11.9 Å². The zero-order valence-corrected chi connectivity index (χ0v) is 10.6. The van der Waals surface area contributed by atoms with Crippen LogP contribution in [0.1, 0.15) is 19.3 Å². The molecular formula is C12H23N3O2. The Labute approximate surface area is 103 Å². The maximum absolute atomic E-state index is 11.8. The first-order valence-corrected chi connectivity index (χ1v) is 6.44. The maximum atomic E-state index is 11.8. The lowest BCUT2D eigenvalue weighted by atomic mass is 10.0. The van der Waals surface area contributed by atoms with Crippen molar-refractivity contribution in [2.45, 2.75) is 25.3 Å². The molecule has 0 spiro atoms. The van der Waals surface area contributed by atoms with Gasteiger partial charge in [0.2, 0.25) is 5.91 Å². The summed E-state index contributed by atoms with van der Waals surface area (Å²) < 4.78 is 5.40. The molecule has 17 heavy (non-hydrogen) atoms. The van der Waals surface area contributed by atoms with E-state index in [0.29, 0.717) is 12.0 Å². The van der Waals surface area contributed by atoms with E-state index in [9.17, 15) is 4.79 Å². The number of hydrogen-bond donors (Lipinski definition) is 2. The van der Waals surface area contributed by atoms with Gasteiger partial charge in [-0.15, -0.1) is 0 Å². The van der Waals surface area contributed by atoms with Gasteiger partial charge >= 0.3 is 0 Å². The van der Waals surface area contributed by atoms with Crippen LogP contribution in [0.15, 0.2) is 0 Å². The molecule has 5 nitrogen and oxygen atoms in total. The molecule has 1 aliphatic heterocycles. The lowest BCUT2D eigenvalue weighted by Crippen LogP contribution is -2.54. The summed E-state index contributed by atoms with van der Waals surface area (Å²) in [6, 6.07) is -0.121. The molecule has 98 valence electrons. The van der Waals surface area contributed by atoms with E-state index in [2.05, 4.69) is 10.2 Å². The van der Waals surface area contributed by atoms with E-state index < -0.39 is 0 Å². The van der Waals surface area contributed by atoms with Crippen LogP contribution in [-0.2, 0) is 9.53 Å². The lowest BCUT2D eigenvalue weighted by Gasteiger charge is -2.36. The third-order valence-corrected chi connectivity index (χ3v) is 3.96. The SMILES string of the molecule is CNC(=O)C1COCCN1CC1(CCN)CC1. The number of morpholine rings is 1. The fraction of sp³-hybridized carbons (Fsp3) is 0.917. The first-order chi connectivity index (χ1) is 8.21. The quantitative estimate of drug-likeness (QED) is 0.685. The number of hydrogen-bond acceptors (Lipinski definition) is 4. The minimum atomic E-state index is -0.121. The van der Waals surface area contributed by atoms with Crippen molar-refractivity contribution in [1.82, 2.24) is 10.2 Å². The first kappa shape index (κ1) is 12.8. The van der Waals surface area contributed by atoms with Crippen molar-refractivity contribution < 1.29 is 9.53 Å². The van der Waals surface area contributed by atoms with Crippen molar-refractivity contribution in [3.8, 4) is 0 Å². The van der Waals surface area contributed by atoms with Gasteiger partial charge in [0, 0.05) is 20.1 Å². The molecule has 0 bridgehead atoms. The Balaban J connectivity index is 1.94. The fourth-order valence-corrected chi connectivity index (χ4v) is 2.64. The predicted molar refractivity (Wildman–Crippen MR) is 65.6 cm³/mol. The van der Waals surface area contributed by atoms with Crippen LogP contribution in [0.25, 0.3) is 0 Å². The summed E-state index contributed by atoms with van der Waals surface area (Å²) >= 11 is 0. The Morgan fingerprint density at radius 2 is 2.35 bits per heavy atom. The Bertz CT molecular complexity index is 279. The van der Waals surface area contributed by atoms with Crippen molar-refractivity contribution in [2.24, 2.45) is 11.1 Å². The van der Waals surface area contributed by atoms with Gasteiger partial charge in [0.15, 0.2) is 0 Å². The third kappa shape index (κ3) is 2.97. The van der Waals surface area contributed by atoms with Gasteiger partial charge in [-0.05, 0) is 31.2 Å². The summed E-state index contributed by atoms with van der Waals surface area (Å²) in [4.78, 5) is 14.1. The van der Waals surface area contributed by atoms with Crippen LogP contribution in [-0.4, -0.2) is 56.7 Å². The molecule has 2 fully saturated rings. The highest BCUT2D eigenvalue weighted by Gasteiger charge is 2.45. The average Bonchev–Trinajstić information content (AvgIpc) is 3.09. The van der Waals surface area contributed by atoms with Crippen molar-refractivity contribution in [3.63, 3.8) is 0 Å². The lowest BCUT2D eigenvalue weighted by molar-refractivity contribution is -0.132. The maximum Gasteiger partial charge on any atom is 0.239 e. The van der Waals surface area contributed by atoms with E-state index in [1.807, 2.05) is 0 Å². The van der Waals surface area contributed by atoms with Crippen LogP contribution in [0.5, 0.6) is 0 Å². The molecule has 1 saturated heterocycles. The number of rotatable bonds is 5. The molecule has 0 aromatic heterocycles. The van der Waals surface area contributed by atoms with Gasteiger partial charge < -0.3 is 15.8 Å². The number of carbonyl (C=O) groups excluding carboxylic acids is 1. The molecule has 5 heteroatoms. The first-order valence-electron chi connectivity index (χ1n) is 6.44. The number of amides is 1. The number of nitrogens with two attached hydrogens (primary N) is 1. The summed E-state index contributed by atoms with van der Waals surface area (Å²) in [5, 5.41) is 2.72. The van der Waals surface area contributed by atoms with Crippen molar-refractivity contribution in [2.75, 3.05) is 39.9 Å². The zero-order chi connectivity index (χ0) is 12.3. The smallest absolute Gasteiger partial charge is 0.239 e. The molecule has 2 aliphatic rings. The second-order valence-electron chi connectivity index (χ2n) is 5.21. The molecule has 1 atom stereocenters. The monoisotopic (exact) mass is 241 g/mol. The number of likely N-dealkylation sites (N-methyl/N-ethyl adjacent to an activating group) is 1. The molecule has 2 rings (SSSR count). The van der Waals surface area contributed by atoms with Gasteiger partial charge in [-0.2, -0.15) is 0 Å². The van der Waals surface area contributed by atoms with E-state index in [1.165, 1.54) is 12.8 Å². The summed E-state index contributed by atoms with van der Waals surface area (Å²) in [5.74, 6) is 0.0632. The van der Waals surface area contributed by atoms with Crippen LogP contribution in [0.3, 0.4) is 0 Å². The van der Waals surface area contributed by atoms with E-state index in [4.69, 9.17) is 10.5 Å². The third-order valence-electron chi connectivity index (χ3n) is 3.96. The summed E-state index contributed by atoms with van der Waals surface area (Å²) in [6.45, 7) is 3.83. The van der Waals surface area contributed by atoms with Crippen LogP contribution in [0.2, 0.25) is 0 Å². The minimum Gasteiger partial charge on any atom is -0.378 e. The van der Waals surface area contributed by atoms with Gasteiger partial charge in [-0.1, -0.05) is 0 Å². The van der Waals surface area contributed by atoms with Gasteiger partial charge in [0.05, 0.1) is 13.2 Å². The molecule has 0 aromatic carbocycles. The Morgan fingerprint density at radius 1 is 1.59 bits per heavy atom. The molecule has 0 radical (unpaired) electrons. The van der Waals surface area contributed by atoms with Gasteiger partial charge in [-0.3, -0.25) is 9.69 Å². The van der Waals surface area contributed by atoms with Crippen LogP contribution < -0.4 is 11.1 Å². The second-order valence-corrected chi connectivity index (χ2v) is 5.21. The van der Waals surface area contributed by atoms with Gasteiger partial charge in [-0.25, -0.2) is 0 Å². The summed E-state index contributed by atoms with van der Waals surface area (Å²) in [6.07, 6.45) is 3.58. The zero-order valence-electron chi connectivity index (χ0n) is 10.6. The number of ether oxygens (including phenoxy) is 1. The van der Waals surface area contributed by atoms with E-state index in [0.717, 1.165) is 32.7 Å². The van der Waals surface area contributed by atoms with Crippen molar-refractivity contribution in [1.29, 1.82) is 0 Å². The van der Waals surface area contributed by atoms with E-state index >= 15 is 0 Å². The highest BCUT2D eigenvalue weighted by atomic mass is 16.5. The average molecular weight is 241 g/mol. The van der Waals surface area contributed by atoms with Crippen LogP contribution >= 0.6 is 0 Å². The minimum absolute atomic E-state index is 0.0632. The van der Waals surface area contributed by atoms with Gasteiger partial charge in [0.1, 0.15) is 6.04 Å². The molecule has 1 aliphatic carbocycles. The van der Waals surface area contributed by atoms with Crippen molar-refractivity contribution in [3.05, 3.63) is 0 Å². The molecule has 1 amide bonds. The summed E-state index contributed by atoms with van der Waals surface area (Å²) in [5.41, 5.74) is 6.05. The highest BCUT2D eigenvalue weighted by Crippen LogP contribution is 2.49. The number of nitrogens with one attached hydrogen (secondary N) is 1. The van der Waals surface area contributed by atoms with Gasteiger partial charge in [0.25, 0.3) is 0 Å². The predicted octanol–water partition coefficient (Wildman–Crippen LogP) is -0.438. The molecule has 0 aromatic rings. The number of nitrogens with zero attached hydrogens (tertiary/aromatic N) is 1.